The van der Waals surface area contributed by atoms with Crippen molar-refractivity contribution < 1.29 is 0 Å². The van der Waals surface area contributed by atoms with Crippen molar-refractivity contribution in [2.75, 3.05) is 9.80 Å². The molecule has 6 aromatic carbocycles. The van der Waals surface area contributed by atoms with Crippen LogP contribution < -0.4 is 9.80 Å². The summed E-state index contributed by atoms with van der Waals surface area (Å²) in [5.41, 5.74) is 9.13. The molecule has 274 valence electrons. The summed E-state index contributed by atoms with van der Waals surface area (Å²) in [5.74, 6) is 3.37. The van der Waals surface area contributed by atoms with Crippen LogP contribution in [0.2, 0.25) is 0 Å². The van der Waals surface area contributed by atoms with Crippen LogP contribution in [0, 0.1) is 23.7 Å². The standard InChI is InChI=1S/C52H56N2/c1-49-29-35-13-5-7-15-37(35)31-51(49,3)53(45-19-11-9-17-41(45)49)43-27-23-33-22-26-40-44(28-24-34-21-25-39(43)47(33)48(34)40)54-46-20-12-10-18-42(46)50(2)30-36-14-6-8-16-38(36)32-52(50,54)4/h9-12,17-28,35-38H,5-8,13-16,29-32H2,1-4H3. The zero-order chi connectivity index (χ0) is 36.2. The van der Waals surface area contributed by atoms with Crippen LogP contribution in [0.5, 0.6) is 0 Å². The Bertz CT molecular complexity index is 2320. The molecule has 0 aromatic heterocycles. The number of hydrogen-bond acceptors (Lipinski definition) is 2. The van der Waals surface area contributed by atoms with E-state index in [1.165, 1.54) is 132 Å². The van der Waals surface area contributed by atoms with E-state index in [4.69, 9.17) is 0 Å². The molecule has 6 aromatic rings. The van der Waals surface area contributed by atoms with Gasteiger partial charge in [0.2, 0.25) is 0 Å². The molecule has 4 aliphatic carbocycles. The van der Waals surface area contributed by atoms with Crippen LogP contribution in [0.15, 0.2) is 97.1 Å². The Labute approximate surface area is 322 Å². The second kappa shape index (κ2) is 10.8. The Morgan fingerprint density at radius 2 is 0.778 bits per heavy atom. The molecule has 6 aliphatic rings. The number of rotatable bonds is 2. The number of anilines is 4. The normalized spacial score (nSPS) is 35.5. The van der Waals surface area contributed by atoms with E-state index in [9.17, 15) is 0 Å². The summed E-state index contributed by atoms with van der Waals surface area (Å²) < 4.78 is 0. The summed E-state index contributed by atoms with van der Waals surface area (Å²) in [6.07, 6.45) is 16.5. The van der Waals surface area contributed by atoms with Gasteiger partial charge in [-0.2, -0.15) is 0 Å². The van der Waals surface area contributed by atoms with Gasteiger partial charge >= 0.3 is 0 Å². The van der Waals surface area contributed by atoms with E-state index in [-0.39, 0.29) is 21.9 Å². The number of hydrogen-bond donors (Lipinski definition) is 0. The first-order valence-corrected chi connectivity index (χ1v) is 21.7. The Kier molecular flexibility index (Phi) is 6.46. The SMILES string of the molecule is CC12CC3CCCCC3CC1(C)N(c1ccc3ccc4c(N5c6ccccc6C6(C)CC7CCCCC7CC56C)ccc5ccc1c3c54)c1ccccc12. The molecular weight excluding hydrogens is 653 g/mol. The highest BCUT2D eigenvalue weighted by Crippen LogP contribution is 2.67. The maximum Gasteiger partial charge on any atom is 0.0521 e. The zero-order valence-corrected chi connectivity index (χ0v) is 32.9. The van der Waals surface area contributed by atoms with E-state index in [1.54, 1.807) is 11.1 Å². The lowest BCUT2D eigenvalue weighted by Crippen LogP contribution is -2.59. The lowest BCUT2D eigenvalue weighted by atomic mass is 9.53. The van der Waals surface area contributed by atoms with E-state index in [2.05, 4.69) is 135 Å². The van der Waals surface area contributed by atoms with Crippen molar-refractivity contribution in [3.63, 3.8) is 0 Å². The van der Waals surface area contributed by atoms with Crippen molar-refractivity contribution in [1.82, 2.24) is 0 Å². The molecule has 12 rings (SSSR count). The van der Waals surface area contributed by atoms with Crippen LogP contribution in [0.1, 0.15) is 116 Å². The van der Waals surface area contributed by atoms with Crippen LogP contribution in [0.4, 0.5) is 22.7 Å². The van der Waals surface area contributed by atoms with Crippen molar-refractivity contribution in [2.45, 2.75) is 127 Å². The topological polar surface area (TPSA) is 6.48 Å². The molecule has 0 N–H and O–H groups in total. The third-order valence-electron chi connectivity index (χ3n) is 17.7. The van der Waals surface area contributed by atoms with Crippen LogP contribution in [0.25, 0.3) is 32.3 Å². The highest BCUT2D eigenvalue weighted by Gasteiger charge is 2.63. The second-order valence-electron chi connectivity index (χ2n) is 19.9. The average Bonchev–Trinajstić information content (AvgIpc) is 3.51. The molecule has 0 bridgehead atoms. The number of fused-ring (bicyclic) bond motifs is 8. The largest absolute Gasteiger partial charge is 0.334 e. The molecule has 0 spiro atoms. The van der Waals surface area contributed by atoms with E-state index in [1.807, 2.05) is 0 Å². The van der Waals surface area contributed by atoms with Gasteiger partial charge in [0.15, 0.2) is 0 Å². The van der Waals surface area contributed by atoms with E-state index >= 15 is 0 Å². The predicted octanol–water partition coefficient (Wildman–Crippen LogP) is 14.1. The van der Waals surface area contributed by atoms with Crippen molar-refractivity contribution >= 4 is 55.1 Å². The lowest BCUT2D eigenvalue weighted by Gasteiger charge is -2.56. The second-order valence-corrected chi connectivity index (χ2v) is 19.9. The fourth-order valence-corrected chi connectivity index (χ4v) is 14.8. The minimum atomic E-state index is 0.0273. The van der Waals surface area contributed by atoms with Crippen LogP contribution in [-0.4, -0.2) is 11.1 Å². The van der Waals surface area contributed by atoms with Gasteiger partial charge in [0.1, 0.15) is 0 Å². The summed E-state index contributed by atoms with van der Waals surface area (Å²) in [7, 11) is 0. The Hall–Kier alpha value is -4.04. The first kappa shape index (κ1) is 32.2. The fraction of sp³-hybridized carbons (Fsp3) is 0.462. The molecule has 0 saturated heterocycles. The minimum Gasteiger partial charge on any atom is -0.334 e. The van der Waals surface area contributed by atoms with Gasteiger partial charge in [-0.3, -0.25) is 0 Å². The quantitative estimate of drug-likeness (QED) is 0.165. The van der Waals surface area contributed by atoms with Crippen LogP contribution in [-0.2, 0) is 10.8 Å². The lowest BCUT2D eigenvalue weighted by molar-refractivity contribution is 0.0581. The minimum absolute atomic E-state index is 0.0273. The molecule has 4 saturated carbocycles. The molecule has 2 nitrogen and oxygen atoms in total. The fourth-order valence-electron chi connectivity index (χ4n) is 14.8. The van der Waals surface area contributed by atoms with Gasteiger partial charge in [0.05, 0.1) is 11.1 Å². The molecule has 2 heteroatoms. The predicted molar refractivity (Wildman–Crippen MR) is 228 cm³/mol. The summed E-state index contributed by atoms with van der Waals surface area (Å²) in [4.78, 5) is 5.71. The van der Waals surface area contributed by atoms with Crippen molar-refractivity contribution in [3.05, 3.63) is 108 Å². The first-order chi connectivity index (χ1) is 26.2. The number of benzene rings is 6. The Morgan fingerprint density at radius 3 is 1.20 bits per heavy atom. The summed E-state index contributed by atoms with van der Waals surface area (Å²) >= 11 is 0. The zero-order valence-electron chi connectivity index (χ0n) is 32.9. The maximum atomic E-state index is 2.85. The van der Waals surface area contributed by atoms with Crippen molar-refractivity contribution in [2.24, 2.45) is 23.7 Å². The van der Waals surface area contributed by atoms with E-state index in [0.717, 1.165) is 23.7 Å². The number of nitrogens with zero attached hydrogens (tertiary/aromatic N) is 2. The molecule has 4 fully saturated rings. The van der Waals surface area contributed by atoms with E-state index < -0.39 is 0 Å². The van der Waals surface area contributed by atoms with Gasteiger partial charge in [-0.05, 0) is 120 Å². The van der Waals surface area contributed by atoms with Crippen LogP contribution in [0.3, 0.4) is 0 Å². The molecule has 2 aliphatic heterocycles. The third kappa shape index (κ3) is 3.84. The average molecular weight is 709 g/mol. The molecule has 0 radical (unpaired) electrons. The first-order valence-electron chi connectivity index (χ1n) is 21.7. The Balaban J connectivity index is 1.07. The van der Waals surface area contributed by atoms with Gasteiger partial charge in [0, 0.05) is 44.4 Å². The van der Waals surface area contributed by atoms with E-state index in [0.29, 0.717) is 0 Å². The molecule has 0 amide bonds. The van der Waals surface area contributed by atoms with Gasteiger partial charge < -0.3 is 9.80 Å². The van der Waals surface area contributed by atoms with Gasteiger partial charge in [-0.25, -0.2) is 0 Å². The Morgan fingerprint density at radius 1 is 0.407 bits per heavy atom. The smallest absolute Gasteiger partial charge is 0.0521 e. The molecular formula is C52H56N2. The number of para-hydroxylation sites is 2. The molecule has 2 heterocycles. The van der Waals surface area contributed by atoms with Gasteiger partial charge in [-0.1, -0.05) is 138 Å². The molecule has 54 heavy (non-hydrogen) atoms. The van der Waals surface area contributed by atoms with Gasteiger partial charge in [0.25, 0.3) is 0 Å². The highest BCUT2D eigenvalue weighted by atomic mass is 15.3. The third-order valence-corrected chi connectivity index (χ3v) is 17.7. The maximum absolute atomic E-state index is 2.85. The van der Waals surface area contributed by atoms with Crippen molar-refractivity contribution in [3.8, 4) is 0 Å². The van der Waals surface area contributed by atoms with Crippen LogP contribution >= 0.6 is 0 Å². The van der Waals surface area contributed by atoms with Gasteiger partial charge in [-0.15, -0.1) is 0 Å². The highest BCUT2D eigenvalue weighted by molar-refractivity contribution is 6.28. The summed E-state index contributed by atoms with van der Waals surface area (Å²) in [6.45, 7) is 10.5. The van der Waals surface area contributed by atoms with Crippen molar-refractivity contribution in [1.29, 1.82) is 0 Å². The monoisotopic (exact) mass is 708 g/mol. The molecule has 8 unspecified atom stereocenters. The molecule has 8 atom stereocenters. The summed E-state index contributed by atoms with van der Waals surface area (Å²) in [5, 5.41) is 8.44. The summed E-state index contributed by atoms with van der Waals surface area (Å²) in [6, 6.07) is 38.7.